The minimum atomic E-state index is -0.867. The average Bonchev–Trinajstić information content (AvgIpc) is 3.54. The molecular weight excluding hydrogens is 372 g/mol. The van der Waals surface area contributed by atoms with Gasteiger partial charge in [-0.05, 0) is 31.2 Å². The van der Waals surface area contributed by atoms with Gasteiger partial charge in [-0.3, -0.25) is 20.2 Å². The molecule has 28 heavy (non-hydrogen) atoms. The van der Waals surface area contributed by atoms with Crippen LogP contribution in [0.25, 0.3) is 0 Å². The van der Waals surface area contributed by atoms with Gasteiger partial charge in [-0.2, -0.15) is 0 Å². The van der Waals surface area contributed by atoms with Gasteiger partial charge in [0, 0.05) is 30.7 Å². The third-order valence-electron chi connectivity index (χ3n) is 4.60. The molecule has 2 aliphatic heterocycles. The number of hydrogen-bond acceptors (Lipinski definition) is 8. The largest absolute Gasteiger partial charge is 0.462 e. The van der Waals surface area contributed by atoms with Crippen molar-refractivity contribution < 1.29 is 28.8 Å². The molecular formula is C18H16N2O8. The van der Waals surface area contributed by atoms with E-state index in [4.69, 9.17) is 18.9 Å². The van der Waals surface area contributed by atoms with E-state index in [1.807, 2.05) is 6.92 Å². The van der Waals surface area contributed by atoms with Crippen molar-refractivity contribution in [1.29, 1.82) is 0 Å². The molecule has 2 heterocycles. The monoisotopic (exact) mass is 388 g/mol. The highest BCUT2D eigenvalue weighted by atomic mass is 16.8. The molecule has 10 heteroatoms. The van der Waals surface area contributed by atoms with Gasteiger partial charge in [0.25, 0.3) is 11.4 Å². The third kappa shape index (κ3) is 3.73. The normalized spacial score (nSPS) is 27.7. The number of hydrogen-bond donors (Lipinski definition) is 0. The topological polar surface area (TPSA) is 130 Å². The summed E-state index contributed by atoms with van der Waals surface area (Å²) in [5.41, 5.74) is -0.0375. The fraction of sp³-hybridized carbons (Fsp3) is 0.333. The van der Waals surface area contributed by atoms with Crippen LogP contribution in [0, 0.1) is 20.2 Å². The highest BCUT2D eigenvalue weighted by Crippen LogP contribution is 2.46. The maximum absolute atomic E-state index is 10.7. The second kappa shape index (κ2) is 6.73. The summed E-state index contributed by atoms with van der Waals surface area (Å²) in [4.78, 5) is 20.4. The SMILES string of the molecule is CC1OC1(CC1OC1Oc1ccc([N+](=O)[O-])cc1)Oc1ccc([N+](=O)[O-])cc1. The molecule has 2 saturated heterocycles. The Balaban J connectivity index is 1.33. The lowest BCUT2D eigenvalue weighted by Gasteiger charge is -2.14. The molecule has 0 bridgehead atoms. The van der Waals surface area contributed by atoms with E-state index in [0.29, 0.717) is 17.9 Å². The predicted molar refractivity (Wildman–Crippen MR) is 94.0 cm³/mol. The number of nitro benzene ring substituents is 2. The number of nitrogens with zero attached hydrogens (tertiary/aromatic N) is 2. The van der Waals surface area contributed by atoms with Crippen LogP contribution >= 0.6 is 0 Å². The number of ether oxygens (including phenoxy) is 4. The maximum atomic E-state index is 10.7. The van der Waals surface area contributed by atoms with E-state index >= 15 is 0 Å². The third-order valence-corrected chi connectivity index (χ3v) is 4.60. The highest BCUT2D eigenvalue weighted by molar-refractivity contribution is 5.37. The number of nitro groups is 2. The molecule has 2 aliphatic rings. The zero-order valence-corrected chi connectivity index (χ0v) is 14.7. The molecule has 0 aliphatic carbocycles. The van der Waals surface area contributed by atoms with Crippen molar-refractivity contribution in [3.8, 4) is 11.5 Å². The Kier molecular flexibility index (Phi) is 4.36. The van der Waals surface area contributed by atoms with Gasteiger partial charge < -0.3 is 18.9 Å². The van der Waals surface area contributed by atoms with Crippen molar-refractivity contribution in [3.63, 3.8) is 0 Å². The van der Waals surface area contributed by atoms with Crippen LogP contribution in [0.4, 0.5) is 11.4 Å². The van der Waals surface area contributed by atoms with Gasteiger partial charge in [-0.1, -0.05) is 0 Å². The zero-order valence-electron chi connectivity index (χ0n) is 14.7. The van der Waals surface area contributed by atoms with Gasteiger partial charge >= 0.3 is 0 Å². The summed E-state index contributed by atoms with van der Waals surface area (Å²) >= 11 is 0. The van der Waals surface area contributed by atoms with Gasteiger partial charge in [0.15, 0.2) is 0 Å². The number of rotatable bonds is 8. The van der Waals surface area contributed by atoms with Crippen LogP contribution < -0.4 is 9.47 Å². The first-order valence-electron chi connectivity index (χ1n) is 8.54. The molecule has 10 nitrogen and oxygen atoms in total. The second-order valence-electron chi connectivity index (χ2n) is 6.54. The van der Waals surface area contributed by atoms with Gasteiger partial charge in [0.1, 0.15) is 23.7 Å². The van der Waals surface area contributed by atoms with E-state index < -0.39 is 21.9 Å². The predicted octanol–water partition coefficient (Wildman–Crippen LogP) is 3.19. The highest BCUT2D eigenvalue weighted by Gasteiger charge is 2.62. The first-order valence-corrected chi connectivity index (χ1v) is 8.54. The second-order valence-corrected chi connectivity index (χ2v) is 6.54. The zero-order chi connectivity index (χ0) is 19.9. The van der Waals surface area contributed by atoms with E-state index in [2.05, 4.69) is 0 Å². The molecule has 0 saturated carbocycles. The Hall–Kier alpha value is -3.24. The Morgan fingerprint density at radius 1 is 0.964 bits per heavy atom. The van der Waals surface area contributed by atoms with E-state index in [1.54, 1.807) is 0 Å². The molecule has 0 aromatic heterocycles. The van der Waals surface area contributed by atoms with Crippen molar-refractivity contribution in [3.05, 3.63) is 68.8 Å². The summed E-state index contributed by atoms with van der Waals surface area (Å²) in [6.07, 6.45) is -0.483. The number of non-ortho nitro benzene ring substituents is 2. The van der Waals surface area contributed by atoms with E-state index in [0.717, 1.165) is 0 Å². The van der Waals surface area contributed by atoms with Gasteiger partial charge in [-0.15, -0.1) is 0 Å². The van der Waals surface area contributed by atoms with Gasteiger partial charge in [-0.25, -0.2) is 0 Å². The first kappa shape index (κ1) is 18.1. The van der Waals surface area contributed by atoms with Crippen molar-refractivity contribution in [2.24, 2.45) is 0 Å². The molecule has 4 unspecified atom stereocenters. The smallest absolute Gasteiger partial charge is 0.269 e. The molecule has 2 aromatic rings. The maximum Gasteiger partial charge on any atom is 0.269 e. The van der Waals surface area contributed by atoms with Gasteiger partial charge in [0.2, 0.25) is 12.1 Å². The van der Waals surface area contributed by atoms with Crippen LogP contribution in [0.3, 0.4) is 0 Å². The Morgan fingerprint density at radius 2 is 1.46 bits per heavy atom. The summed E-state index contributed by atoms with van der Waals surface area (Å²) in [5.74, 6) is 0.0608. The molecule has 2 aromatic carbocycles. The molecule has 0 N–H and O–H groups in total. The van der Waals surface area contributed by atoms with Crippen LogP contribution in [0.5, 0.6) is 11.5 Å². The molecule has 0 amide bonds. The quantitative estimate of drug-likeness (QED) is 0.383. The van der Waals surface area contributed by atoms with Crippen LogP contribution in [-0.4, -0.2) is 34.1 Å². The van der Waals surface area contributed by atoms with Crippen molar-refractivity contribution in [2.75, 3.05) is 0 Å². The van der Waals surface area contributed by atoms with Crippen LogP contribution in [-0.2, 0) is 9.47 Å². The molecule has 4 atom stereocenters. The molecule has 0 spiro atoms. The van der Waals surface area contributed by atoms with Crippen LogP contribution in [0.1, 0.15) is 13.3 Å². The standard InChI is InChI=1S/C18H16N2O8/c1-11-18(27-11,28-15-8-4-13(5-9-15)20(23)24)10-16-17(26-16)25-14-6-2-12(3-7-14)19(21)22/h2-9,11,16-17H,10H2,1H3. The molecule has 146 valence electrons. The lowest BCUT2D eigenvalue weighted by Crippen LogP contribution is -2.26. The fourth-order valence-corrected chi connectivity index (χ4v) is 2.90. The van der Waals surface area contributed by atoms with Crippen molar-refractivity contribution in [1.82, 2.24) is 0 Å². The minimum Gasteiger partial charge on any atom is -0.462 e. The first-order chi connectivity index (χ1) is 13.4. The van der Waals surface area contributed by atoms with Gasteiger partial charge in [0.05, 0.1) is 9.85 Å². The summed E-state index contributed by atoms with van der Waals surface area (Å²) < 4.78 is 22.7. The van der Waals surface area contributed by atoms with Crippen LogP contribution in [0.2, 0.25) is 0 Å². The number of benzene rings is 2. The fourth-order valence-electron chi connectivity index (χ4n) is 2.90. The van der Waals surface area contributed by atoms with Crippen LogP contribution in [0.15, 0.2) is 48.5 Å². The lowest BCUT2D eigenvalue weighted by molar-refractivity contribution is -0.385. The minimum absolute atomic E-state index is 0.0173. The summed E-state index contributed by atoms with van der Waals surface area (Å²) in [6.45, 7) is 1.86. The molecule has 0 radical (unpaired) electrons. The van der Waals surface area contributed by atoms with Crippen molar-refractivity contribution in [2.45, 2.75) is 37.6 Å². The van der Waals surface area contributed by atoms with E-state index in [9.17, 15) is 20.2 Å². The van der Waals surface area contributed by atoms with E-state index in [1.165, 1.54) is 48.5 Å². The van der Waals surface area contributed by atoms with E-state index in [-0.39, 0.29) is 23.6 Å². The summed E-state index contributed by atoms with van der Waals surface area (Å²) in [5, 5.41) is 21.4. The Labute approximate surface area is 158 Å². The summed E-state index contributed by atoms with van der Waals surface area (Å²) in [6, 6.07) is 11.5. The van der Waals surface area contributed by atoms with Crippen molar-refractivity contribution >= 4 is 11.4 Å². The molecule has 2 fully saturated rings. The molecule has 4 rings (SSSR count). The number of epoxide rings is 2. The average molecular weight is 388 g/mol. The Morgan fingerprint density at radius 3 is 1.93 bits per heavy atom. The summed E-state index contributed by atoms with van der Waals surface area (Å²) in [7, 11) is 0. The Bertz CT molecular complexity index is 901. The lowest BCUT2D eigenvalue weighted by atomic mass is 10.1.